The molecule has 4 heteroatoms. The fourth-order valence-electron chi connectivity index (χ4n) is 1.75. The SMILES string of the molecule is COC(C)(C)CCOc1cc(CNC(C)(C)C)cc(C)n1. The fraction of sp³-hybridized carbons (Fsp3) is 0.706. The van der Waals surface area contributed by atoms with Gasteiger partial charge in [-0.1, -0.05) is 0 Å². The first-order valence-corrected chi connectivity index (χ1v) is 7.52. The van der Waals surface area contributed by atoms with E-state index in [1.54, 1.807) is 7.11 Å². The maximum Gasteiger partial charge on any atom is 0.213 e. The van der Waals surface area contributed by atoms with Gasteiger partial charge < -0.3 is 14.8 Å². The summed E-state index contributed by atoms with van der Waals surface area (Å²) in [4.78, 5) is 4.43. The molecule has 0 bridgehead atoms. The second kappa shape index (κ2) is 7.23. The third-order valence-electron chi connectivity index (χ3n) is 3.32. The lowest BCUT2D eigenvalue weighted by molar-refractivity contribution is 0.00507. The molecular formula is C17H30N2O2. The molecule has 21 heavy (non-hydrogen) atoms. The lowest BCUT2D eigenvalue weighted by atomic mass is 10.1. The number of rotatable bonds is 7. The molecule has 0 saturated heterocycles. The van der Waals surface area contributed by atoms with Crippen LogP contribution < -0.4 is 10.1 Å². The molecule has 0 amide bonds. The van der Waals surface area contributed by atoms with Crippen molar-refractivity contribution in [3.8, 4) is 5.88 Å². The van der Waals surface area contributed by atoms with Crippen molar-refractivity contribution in [2.75, 3.05) is 13.7 Å². The summed E-state index contributed by atoms with van der Waals surface area (Å²) >= 11 is 0. The zero-order chi connectivity index (χ0) is 16.1. The maximum absolute atomic E-state index is 5.78. The topological polar surface area (TPSA) is 43.4 Å². The van der Waals surface area contributed by atoms with E-state index >= 15 is 0 Å². The highest BCUT2D eigenvalue weighted by Crippen LogP contribution is 2.17. The molecular weight excluding hydrogens is 264 g/mol. The van der Waals surface area contributed by atoms with Gasteiger partial charge in [-0.2, -0.15) is 0 Å². The van der Waals surface area contributed by atoms with Gasteiger partial charge in [0.25, 0.3) is 0 Å². The summed E-state index contributed by atoms with van der Waals surface area (Å²) in [6.07, 6.45) is 0.828. The van der Waals surface area contributed by atoms with E-state index in [2.05, 4.69) is 51.0 Å². The third-order valence-corrected chi connectivity index (χ3v) is 3.32. The van der Waals surface area contributed by atoms with Crippen molar-refractivity contribution in [1.29, 1.82) is 0 Å². The minimum Gasteiger partial charge on any atom is -0.478 e. The van der Waals surface area contributed by atoms with Crippen molar-refractivity contribution in [2.45, 2.75) is 65.6 Å². The van der Waals surface area contributed by atoms with E-state index in [-0.39, 0.29) is 11.1 Å². The molecule has 1 heterocycles. The molecule has 1 N–H and O–H groups in total. The van der Waals surface area contributed by atoms with Gasteiger partial charge in [-0.25, -0.2) is 4.98 Å². The van der Waals surface area contributed by atoms with E-state index in [1.807, 2.05) is 13.0 Å². The molecule has 0 aliphatic rings. The van der Waals surface area contributed by atoms with Crippen molar-refractivity contribution >= 4 is 0 Å². The van der Waals surface area contributed by atoms with Gasteiger partial charge in [0.05, 0.1) is 12.2 Å². The normalized spacial score (nSPS) is 12.5. The fourth-order valence-corrected chi connectivity index (χ4v) is 1.75. The summed E-state index contributed by atoms with van der Waals surface area (Å²) in [7, 11) is 1.72. The first-order valence-electron chi connectivity index (χ1n) is 7.52. The number of nitrogens with one attached hydrogen (secondary N) is 1. The monoisotopic (exact) mass is 294 g/mol. The van der Waals surface area contributed by atoms with E-state index in [0.717, 1.165) is 18.7 Å². The average Bonchev–Trinajstić information content (AvgIpc) is 2.35. The standard InChI is InChI=1S/C17H30N2O2/c1-13-10-14(12-18-16(2,3)4)11-15(19-13)21-9-8-17(5,6)20-7/h10-11,18H,8-9,12H2,1-7H3. The number of hydrogen-bond donors (Lipinski definition) is 1. The minimum atomic E-state index is -0.166. The molecule has 4 nitrogen and oxygen atoms in total. The highest BCUT2D eigenvalue weighted by Gasteiger charge is 2.16. The number of methoxy groups -OCH3 is 1. The quantitative estimate of drug-likeness (QED) is 0.836. The van der Waals surface area contributed by atoms with Crippen molar-refractivity contribution < 1.29 is 9.47 Å². The first-order chi connectivity index (χ1) is 9.61. The minimum absolute atomic E-state index is 0.0979. The summed E-state index contributed by atoms with van der Waals surface area (Å²) in [5.74, 6) is 0.688. The zero-order valence-electron chi connectivity index (χ0n) is 14.5. The van der Waals surface area contributed by atoms with Crippen LogP contribution in [0.3, 0.4) is 0 Å². The number of aryl methyl sites for hydroxylation is 1. The summed E-state index contributed by atoms with van der Waals surface area (Å²) < 4.78 is 11.2. The molecule has 0 aromatic carbocycles. The van der Waals surface area contributed by atoms with Crippen molar-refractivity contribution in [1.82, 2.24) is 10.3 Å². The van der Waals surface area contributed by atoms with Gasteiger partial charge in [-0.15, -0.1) is 0 Å². The van der Waals surface area contributed by atoms with Gasteiger partial charge in [0.2, 0.25) is 5.88 Å². The highest BCUT2D eigenvalue weighted by molar-refractivity contribution is 5.24. The summed E-state index contributed by atoms with van der Waals surface area (Å²) in [5.41, 5.74) is 2.10. The Morgan fingerprint density at radius 3 is 2.38 bits per heavy atom. The number of nitrogens with zero attached hydrogens (tertiary/aromatic N) is 1. The van der Waals surface area contributed by atoms with Gasteiger partial charge in [-0.05, 0) is 53.2 Å². The number of pyridine rings is 1. The molecule has 0 fully saturated rings. The molecule has 120 valence electrons. The zero-order valence-corrected chi connectivity index (χ0v) is 14.5. The molecule has 1 rings (SSSR count). The van der Waals surface area contributed by atoms with E-state index < -0.39 is 0 Å². The lowest BCUT2D eigenvalue weighted by Gasteiger charge is -2.23. The Kier molecular flexibility index (Phi) is 6.17. The number of ether oxygens (including phenoxy) is 2. The van der Waals surface area contributed by atoms with Crippen LogP contribution in [0.25, 0.3) is 0 Å². The van der Waals surface area contributed by atoms with Crippen molar-refractivity contribution in [2.24, 2.45) is 0 Å². The molecule has 0 radical (unpaired) electrons. The van der Waals surface area contributed by atoms with E-state index in [1.165, 1.54) is 5.56 Å². The van der Waals surface area contributed by atoms with Crippen LogP contribution >= 0.6 is 0 Å². The Bertz CT molecular complexity index is 451. The van der Waals surface area contributed by atoms with Gasteiger partial charge in [0.1, 0.15) is 0 Å². The Labute approximate surface area is 129 Å². The smallest absolute Gasteiger partial charge is 0.213 e. The molecule has 0 atom stereocenters. The Morgan fingerprint density at radius 1 is 1.14 bits per heavy atom. The molecule has 0 saturated carbocycles. The largest absolute Gasteiger partial charge is 0.478 e. The van der Waals surface area contributed by atoms with Crippen LogP contribution in [0, 0.1) is 6.92 Å². The summed E-state index contributed by atoms with van der Waals surface area (Å²) in [6.45, 7) is 14.0. The van der Waals surface area contributed by atoms with E-state index in [9.17, 15) is 0 Å². The maximum atomic E-state index is 5.78. The second-order valence-electron chi connectivity index (χ2n) is 7.12. The number of aromatic nitrogens is 1. The van der Waals surface area contributed by atoms with Crippen LogP contribution in [-0.2, 0) is 11.3 Å². The summed E-state index contributed by atoms with van der Waals surface area (Å²) in [6, 6.07) is 4.09. The Morgan fingerprint density at radius 2 is 1.81 bits per heavy atom. The first kappa shape index (κ1) is 17.9. The van der Waals surface area contributed by atoms with Gasteiger partial charge in [0.15, 0.2) is 0 Å². The van der Waals surface area contributed by atoms with E-state index in [4.69, 9.17) is 9.47 Å². The van der Waals surface area contributed by atoms with Gasteiger partial charge >= 0.3 is 0 Å². The predicted molar refractivity (Wildman–Crippen MR) is 86.8 cm³/mol. The van der Waals surface area contributed by atoms with Gasteiger partial charge in [0, 0.05) is 37.4 Å². The average molecular weight is 294 g/mol. The van der Waals surface area contributed by atoms with Crippen LogP contribution in [0.2, 0.25) is 0 Å². The van der Waals surface area contributed by atoms with Gasteiger partial charge in [-0.3, -0.25) is 0 Å². The van der Waals surface area contributed by atoms with Crippen LogP contribution in [0.4, 0.5) is 0 Å². The molecule has 0 aliphatic carbocycles. The predicted octanol–water partition coefficient (Wildman–Crippen LogP) is 3.47. The second-order valence-corrected chi connectivity index (χ2v) is 7.12. The van der Waals surface area contributed by atoms with Crippen LogP contribution in [0.5, 0.6) is 5.88 Å². The molecule has 1 aromatic rings. The highest BCUT2D eigenvalue weighted by atomic mass is 16.5. The van der Waals surface area contributed by atoms with Crippen molar-refractivity contribution in [3.05, 3.63) is 23.4 Å². The molecule has 0 spiro atoms. The Balaban J connectivity index is 2.61. The van der Waals surface area contributed by atoms with Crippen LogP contribution in [-0.4, -0.2) is 29.8 Å². The van der Waals surface area contributed by atoms with Crippen LogP contribution in [0.1, 0.15) is 52.3 Å². The van der Waals surface area contributed by atoms with Crippen molar-refractivity contribution in [3.63, 3.8) is 0 Å². The Hall–Kier alpha value is -1.13. The molecule has 1 aromatic heterocycles. The van der Waals surface area contributed by atoms with Crippen LogP contribution in [0.15, 0.2) is 12.1 Å². The lowest BCUT2D eigenvalue weighted by Crippen LogP contribution is -2.35. The van der Waals surface area contributed by atoms with E-state index in [0.29, 0.717) is 12.5 Å². The third kappa shape index (κ3) is 7.44. The molecule has 0 unspecified atom stereocenters. The number of hydrogen-bond acceptors (Lipinski definition) is 4. The molecule has 0 aliphatic heterocycles. The summed E-state index contributed by atoms with van der Waals surface area (Å²) in [5, 5.41) is 3.48.